The zero-order valence-corrected chi connectivity index (χ0v) is 9.23. The molecule has 4 nitrogen and oxygen atoms in total. The Morgan fingerprint density at radius 2 is 2.12 bits per heavy atom. The van der Waals surface area contributed by atoms with E-state index in [2.05, 4.69) is 9.97 Å². The number of methoxy groups -OCH3 is 1. The molecule has 1 aromatic rings. The highest BCUT2D eigenvalue weighted by molar-refractivity contribution is 5.06. The minimum Gasteiger partial charge on any atom is -0.474 e. The predicted octanol–water partition coefficient (Wildman–Crippen LogP) is 1.95. The molecule has 1 aliphatic rings. The van der Waals surface area contributed by atoms with Crippen LogP contribution >= 0.6 is 0 Å². The van der Waals surface area contributed by atoms with Gasteiger partial charge >= 0.3 is 0 Å². The summed E-state index contributed by atoms with van der Waals surface area (Å²) in [6.07, 6.45) is 5.40. The first-order valence-corrected chi connectivity index (χ1v) is 5.45. The van der Waals surface area contributed by atoms with Crippen LogP contribution in [0.25, 0.3) is 0 Å². The number of aromatic nitrogens is 2. The molecule has 1 aromatic heterocycles. The summed E-state index contributed by atoms with van der Waals surface area (Å²) < 4.78 is 23.7. The first-order chi connectivity index (χ1) is 7.78. The van der Waals surface area contributed by atoms with Crippen molar-refractivity contribution in [3.8, 4) is 5.88 Å². The van der Waals surface area contributed by atoms with E-state index >= 15 is 0 Å². The van der Waals surface area contributed by atoms with Crippen molar-refractivity contribution in [3.63, 3.8) is 0 Å². The number of hydrogen-bond donors (Lipinski definition) is 0. The fourth-order valence-corrected chi connectivity index (χ4v) is 1.98. The monoisotopic (exact) mass is 226 g/mol. The van der Waals surface area contributed by atoms with E-state index in [0.717, 1.165) is 25.7 Å². The van der Waals surface area contributed by atoms with Crippen molar-refractivity contribution in [3.05, 3.63) is 18.3 Å². The summed E-state index contributed by atoms with van der Waals surface area (Å²) in [5.41, 5.74) is 0. The zero-order valence-electron chi connectivity index (χ0n) is 9.23. The van der Waals surface area contributed by atoms with Gasteiger partial charge in [-0.2, -0.15) is 4.39 Å². The molecule has 2 rings (SSSR count). The van der Waals surface area contributed by atoms with Gasteiger partial charge in [-0.1, -0.05) is 0 Å². The molecule has 1 aliphatic carbocycles. The van der Waals surface area contributed by atoms with Crippen LogP contribution in [0.15, 0.2) is 12.4 Å². The Labute approximate surface area is 93.8 Å². The van der Waals surface area contributed by atoms with Gasteiger partial charge in [0.05, 0.1) is 12.2 Å². The molecule has 2 atom stereocenters. The predicted molar refractivity (Wildman–Crippen MR) is 55.7 cm³/mol. The Hall–Kier alpha value is -1.23. The van der Waals surface area contributed by atoms with Gasteiger partial charge in [-0.3, -0.25) is 0 Å². The number of ether oxygens (including phenoxy) is 2. The molecule has 1 fully saturated rings. The van der Waals surface area contributed by atoms with Crippen LogP contribution < -0.4 is 4.74 Å². The lowest BCUT2D eigenvalue weighted by Gasteiger charge is -2.28. The largest absolute Gasteiger partial charge is 0.474 e. The minimum atomic E-state index is -0.566. The molecule has 2 unspecified atom stereocenters. The van der Waals surface area contributed by atoms with Gasteiger partial charge in [0.1, 0.15) is 12.4 Å². The van der Waals surface area contributed by atoms with E-state index < -0.39 is 5.95 Å². The van der Waals surface area contributed by atoms with Crippen LogP contribution in [0, 0.1) is 5.95 Å². The molecule has 0 amide bonds. The van der Waals surface area contributed by atoms with Crippen molar-refractivity contribution < 1.29 is 13.9 Å². The second-order valence-electron chi connectivity index (χ2n) is 3.94. The molecule has 0 aromatic carbocycles. The Morgan fingerprint density at radius 1 is 1.31 bits per heavy atom. The van der Waals surface area contributed by atoms with Crippen LogP contribution in [0.2, 0.25) is 0 Å². The quantitative estimate of drug-likeness (QED) is 0.739. The van der Waals surface area contributed by atoms with E-state index in [-0.39, 0.29) is 12.2 Å². The van der Waals surface area contributed by atoms with Gasteiger partial charge in [-0.25, -0.2) is 9.97 Å². The van der Waals surface area contributed by atoms with Crippen molar-refractivity contribution in [2.75, 3.05) is 7.11 Å². The highest BCUT2D eigenvalue weighted by atomic mass is 19.1. The lowest BCUT2D eigenvalue weighted by Crippen LogP contribution is -2.29. The van der Waals surface area contributed by atoms with E-state index in [1.54, 1.807) is 7.11 Å². The molecule has 0 N–H and O–H groups in total. The number of rotatable bonds is 3. The van der Waals surface area contributed by atoms with Crippen LogP contribution in [-0.2, 0) is 4.74 Å². The molecular weight excluding hydrogens is 211 g/mol. The second-order valence-corrected chi connectivity index (χ2v) is 3.94. The highest BCUT2D eigenvalue weighted by Crippen LogP contribution is 2.24. The van der Waals surface area contributed by atoms with E-state index in [4.69, 9.17) is 9.47 Å². The van der Waals surface area contributed by atoms with Gasteiger partial charge in [0.2, 0.25) is 11.8 Å². The molecule has 1 saturated carbocycles. The average molecular weight is 226 g/mol. The van der Waals surface area contributed by atoms with Gasteiger partial charge in [0.15, 0.2) is 0 Å². The molecule has 16 heavy (non-hydrogen) atoms. The van der Waals surface area contributed by atoms with Crippen molar-refractivity contribution in [1.29, 1.82) is 0 Å². The molecule has 5 heteroatoms. The third-order valence-electron chi connectivity index (χ3n) is 2.81. The van der Waals surface area contributed by atoms with Crippen LogP contribution in [0.1, 0.15) is 25.7 Å². The minimum absolute atomic E-state index is 0.0630. The van der Waals surface area contributed by atoms with E-state index in [0.29, 0.717) is 5.88 Å². The van der Waals surface area contributed by atoms with Crippen molar-refractivity contribution >= 4 is 0 Å². The first-order valence-electron chi connectivity index (χ1n) is 5.45. The topological polar surface area (TPSA) is 44.2 Å². The maximum absolute atomic E-state index is 12.8. The highest BCUT2D eigenvalue weighted by Gasteiger charge is 2.23. The van der Waals surface area contributed by atoms with Crippen molar-refractivity contribution in [2.24, 2.45) is 0 Å². The smallest absolute Gasteiger partial charge is 0.219 e. The molecule has 1 heterocycles. The lowest BCUT2D eigenvalue weighted by atomic mass is 9.95. The molecule has 0 spiro atoms. The van der Waals surface area contributed by atoms with E-state index in [9.17, 15) is 4.39 Å². The molecular formula is C11H15FN2O2. The molecule has 0 bridgehead atoms. The fourth-order valence-electron chi connectivity index (χ4n) is 1.98. The summed E-state index contributed by atoms with van der Waals surface area (Å²) in [4.78, 5) is 7.25. The average Bonchev–Trinajstić information content (AvgIpc) is 2.29. The third-order valence-corrected chi connectivity index (χ3v) is 2.81. The first kappa shape index (κ1) is 11.3. The van der Waals surface area contributed by atoms with Gasteiger partial charge in [-0.15, -0.1) is 0 Å². The summed E-state index contributed by atoms with van der Waals surface area (Å²) in [6, 6.07) is 1.20. The molecule has 0 aliphatic heterocycles. The van der Waals surface area contributed by atoms with E-state index in [1.807, 2.05) is 0 Å². The Bertz CT molecular complexity index is 349. The normalized spacial score (nSPS) is 25.4. The van der Waals surface area contributed by atoms with Crippen LogP contribution in [-0.4, -0.2) is 29.3 Å². The summed E-state index contributed by atoms with van der Waals surface area (Å²) in [7, 11) is 1.71. The summed E-state index contributed by atoms with van der Waals surface area (Å²) in [5.74, 6) is -0.265. The molecule has 88 valence electrons. The summed E-state index contributed by atoms with van der Waals surface area (Å²) in [5, 5.41) is 0. The second kappa shape index (κ2) is 5.21. The van der Waals surface area contributed by atoms with Crippen LogP contribution in [0.3, 0.4) is 0 Å². The molecule has 0 saturated heterocycles. The number of nitrogens with zero attached hydrogens (tertiary/aromatic N) is 2. The van der Waals surface area contributed by atoms with Gasteiger partial charge in [0, 0.05) is 13.5 Å². The lowest BCUT2D eigenvalue weighted by molar-refractivity contribution is 0.0193. The maximum atomic E-state index is 12.8. The standard InChI is InChI=1S/C11H15FN2O2/c1-15-8-3-2-4-9(5-8)16-11-6-10(12)13-7-14-11/h6-9H,2-5H2,1H3. The Balaban J connectivity index is 1.94. The zero-order chi connectivity index (χ0) is 11.4. The number of hydrogen-bond acceptors (Lipinski definition) is 4. The maximum Gasteiger partial charge on any atom is 0.219 e. The van der Waals surface area contributed by atoms with Crippen molar-refractivity contribution in [1.82, 2.24) is 9.97 Å². The van der Waals surface area contributed by atoms with Crippen molar-refractivity contribution in [2.45, 2.75) is 37.9 Å². The third kappa shape index (κ3) is 2.88. The van der Waals surface area contributed by atoms with Gasteiger partial charge in [-0.05, 0) is 19.3 Å². The van der Waals surface area contributed by atoms with Gasteiger partial charge in [0.25, 0.3) is 0 Å². The van der Waals surface area contributed by atoms with Gasteiger partial charge < -0.3 is 9.47 Å². The fraction of sp³-hybridized carbons (Fsp3) is 0.636. The van der Waals surface area contributed by atoms with Crippen LogP contribution in [0.4, 0.5) is 4.39 Å². The Kier molecular flexibility index (Phi) is 3.66. The van der Waals surface area contributed by atoms with E-state index in [1.165, 1.54) is 12.4 Å². The number of halogens is 1. The summed E-state index contributed by atoms with van der Waals surface area (Å²) >= 11 is 0. The Morgan fingerprint density at radius 3 is 2.88 bits per heavy atom. The molecule has 0 radical (unpaired) electrons. The SMILES string of the molecule is COC1CCCC(Oc2cc(F)ncn2)C1. The van der Waals surface area contributed by atoms with Crippen LogP contribution in [0.5, 0.6) is 5.88 Å². The summed E-state index contributed by atoms with van der Waals surface area (Å²) in [6.45, 7) is 0.